The summed E-state index contributed by atoms with van der Waals surface area (Å²) in [6.07, 6.45) is 4.49. The fraction of sp³-hybridized carbons (Fsp3) is 0.333. The van der Waals surface area contributed by atoms with Gasteiger partial charge in [0.05, 0.1) is 20.0 Å². The molecule has 2 aromatic carbocycles. The quantitative estimate of drug-likeness (QED) is 0.510. The zero-order chi connectivity index (χ0) is 22.3. The molecule has 1 aliphatic rings. The molecule has 1 N–H and O–H groups in total. The number of carbonyl (C=O) groups excluding carboxylic acids is 1. The fourth-order valence-corrected chi connectivity index (χ4v) is 4.33. The monoisotopic (exact) mass is 450 g/mol. The van der Waals surface area contributed by atoms with Crippen LogP contribution in [0.5, 0.6) is 11.5 Å². The van der Waals surface area contributed by atoms with Gasteiger partial charge in [0.1, 0.15) is 22.9 Å². The van der Waals surface area contributed by atoms with Crippen molar-refractivity contribution in [3.63, 3.8) is 0 Å². The summed E-state index contributed by atoms with van der Waals surface area (Å²) in [6.45, 7) is 0. The van der Waals surface area contributed by atoms with Gasteiger partial charge < -0.3 is 14.8 Å². The van der Waals surface area contributed by atoms with Crippen molar-refractivity contribution in [2.75, 3.05) is 20.0 Å². The first kappa shape index (κ1) is 22.1. The Balaban J connectivity index is 1.58. The summed E-state index contributed by atoms with van der Waals surface area (Å²) >= 11 is 1.30. The average molecular weight is 451 g/mol. The molecule has 1 amide bonds. The third-order valence-corrected chi connectivity index (χ3v) is 6.28. The molecule has 1 aliphatic carbocycles. The van der Waals surface area contributed by atoms with Crippen molar-refractivity contribution in [1.29, 1.82) is 0 Å². The molecule has 1 aromatic heterocycles. The normalized spacial score (nSPS) is 13.7. The van der Waals surface area contributed by atoms with Crippen molar-refractivity contribution in [1.82, 2.24) is 20.5 Å². The number of hydrogen-bond donors (Lipinski definition) is 1. The average Bonchev–Trinajstić information content (AvgIpc) is 3.36. The van der Waals surface area contributed by atoms with Crippen LogP contribution >= 0.6 is 11.8 Å². The van der Waals surface area contributed by atoms with Gasteiger partial charge in [0.2, 0.25) is 11.1 Å². The molecule has 0 spiro atoms. The van der Waals surface area contributed by atoms with E-state index in [0.29, 0.717) is 22.6 Å². The first-order valence-corrected chi connectivity index (χ1v) is 11.6. The Hall–Kier alpha value is -3.13. The first-order chi connectivity index (χ1) is 15.7. The molecule has 0 unspecified atom stereocenters. The van der Waals surface area contributed by atoms with Crippen molar-refractivity contribution in [2.24, 2.45) is 0 Å². The summed E-state index contributed by atoms with van der Waals surface area (Å²) in [5.74, 6) is 1.80. The van der Waals surface area contributed by atoms with Crippen LogP contribution in [-0.4, -0.2) is 47.1 Å². The molecular formula is C24H26N4O3S. The van der Waals surface area contributed by atoms with Crippen LogP contribution in [0.25, 0.3) is 22.5 Å². The number of hydrogen-bond acceptors (Lipinski definition) is 7. The number of carbonyl (C=O) groups is 1. The predicted octanol–water partition coefficient (Wildman–Crippen LogP) is 4.37. The Labute approximate surface area is 192 Å². The van der Waals surface area contributed by atoms with E-state index in [1.165, 1.54) is 24.6 Å². The second-order valence-corrected chi connectivity index (χ2v) is 8.53. The molecule has 32 heavy (non-hydrogen) atoms. The SMILES string of the molecule is COc1ccc(-c2nnc(SCC(=O)NC3CCCC3)nc2-c2ccc(OC)cc2)cc1. The predicted molar refractivity (Wildman–Crippen MR) is 125 cm³/mol. The van der Waals surface area contributed by atoms with Crippen LogP contribution in [-0.2, 0) is 4.79 Å². The van der Waals surface area contributed by atoms with E-state index in [0.717, 1.165) is 35.5 Å². The standard InChI is InChI=1S/C24H26N4O3S/c1-30-19-11-7-16(8-12-19)22-23(17-9-13-20(31-2)14-10-17)27-28-24(26-22)32-15-21(29)25-18-5-3-4-6-18/h7-14,18H,3-6,15H2,1-2H3,(H,25,29). The van der Waals surface area contributed by atoms with E-state index < -0.39 is 0 Å². The van der Waals surface area contributed by atoms with E-state index in [2.05, 4.69) is 15.5 Å². The molecule has 0 saturated heterocycles. The first-order valence-electron chi connectivity index (χ1n) is 10.6. The lowest BCUT2D eigenvalue weighted by Crippen LogP contribution is -2.33. The number of benzene rings is 2. The Bertz CT molecular complexity index is 1050. The highest BCUT2D eigenvalue weighted by Gasteiger charge is 2.18. The number of nitrogens with zero attached hydrogens (tertiary/aromatic N) is 3. The summed E-state index contributed by atoms with van der Waals surface area (Å²) in [4.78, 5) is 17.1. The Kier molecular flexibility index (Phi) is 7.21. The fourth-order valence-electron chi connectivity index (χ4n) is 3.74. The van der Waals surface area contributed by atoms with Crippen LogP contribution in [0.3, 0.4) is 0 Å². The summed E-state index contributed by atoms with van der Waals surface area (Å²) < 4.78 is 10.5. The highest BCUT2D eigenvalue weighted by molar-refractivity contribution is 7.99. The topological polar surface area (TPSA) is 86.2 Å². The number of ether oxygens (including phenoxy) is 2. The Morgan fingerprint density at radius 2 is 1.47 bits per heavy atom. The molecule has 3 aromatic rings. The van der Waals surface area contributed by atoms with Gasteiger partial charge in [-0.1, -0.05) is 24.6 Å². The summed E-state index contributed by atoms with van der Waals surface area (Å²) in [5, 5.41) is 12.3. The zero-order valence-electron chi connectivity index (χ0n) is 18.2. The minimum atomic E-state index is 0.00993. The maximum Gasteiger partial charge on any atom is 0.230 e. The van der Waals surface area contributed by atoms with Crippen molar-refractivity contribution in [3.8, 4) is 34.0 Å². The molecule has 1 saturated carbocycles. The van der Waals surface area contributed by atoms with E-state index in [1.54, 1.807) is 14.2 Å². The van der Waals surface area contributed by atoms with Gasteiger partial charge >= 0.3 is 0 Å². The maximum atomic E-state index is 12.3. The number of thioether (sulfide) groups is 1. The third kappa shape index (κ3) is 5.37. The molecule has 166 valence electrons. The Morgan fingerprint density at radius 1 is 0.906 bits per heavy atom. The van der Waals surface area contributed by atoms with Gasteiger partial charge in [-0.2, -0.15) is 0 Å². The summed E-state index contributed by atoms with van der Waals surface area (Å²) in [6, 6.07) is 15.6. The molecule has 4 rings (SSSR count). The largest absolute Gasteiger partial charge is 0.497 e. The molecule has 0 aliphatic heterocycles. The lowest BCUT2D eigenvalue weighted by atomic mass is 10.0. The molecule has 7 nitrogen and oxygen atoms in total. The Morgan fingerprint density at radius 3 is 2.03 bits per heavy atom. The minimum Gasteiger partial charge on any atom is -0.497 e. The highest BCUT2D eigenvalue weighted by Crippen LogP contribution is 2.31. The van der Waals surface area contributed by atoms with Gasteiger partial charge in [-0.05, 0) is 61.4 Å². The second kappa shape index (κ2) is 10.5. The molecule has 1 fully saturated rings. The van der Waals surface area contributed by atoms with Crippen LogP contribution in [0.2, 0.25) is 0 Å². The van der Waals surface area contributed by atoms with Crippen LogP contribution < -0.4 is 14.8 Å². The van der Waals surface area contributed by atoms with Gasteiger partial charge in [-0.3, -0.25) is 4.79 Å². The van der Waals surface area contributed by atoms with E-state index in [1.807, 2.05) is 48.5 Å². The van der Waals surface area contributed by atoms with Crippen molar-refractivity contribution in [2.45, 2.75) is 36.9 Å². The molecule has 1 heterocycles. The molecular weight excluding hydrogens is 424 g/mol. The number of nitrogens with one attached hydrogen (secondary N) is 1. The van der Waals surface area contributed by atoms with E-state index >= 15 is 0 Å². The van der Waals surface area contributed by atoms with E-state index in [-0.39, 0.29) is 11.7 Å². The summed E-state index contributed by atoms with van der Waals surface area (Å²) in [7, 11) is 3.27. The number of methoxy groups -OCH3 is 2. The molecule has 0 radical (unpaired) electrons. The second-order valence-electron chi connectivity index (χ2n) is 7.59. The van der Waals surface area contributed by atoms with Gasteiger partial charge in [-0.15, -0.1) is 10.2 Å². The molecule has 8 heteroatoms. The van der Waals surface area contributed by atoms with Crippen LogP contribution in [0, 0.1) is 0 Å². The van der Waals surface area contributed by atoms with Crippen LogP contribution in [0.15, 0.2) is 53.7 Å². The molecule has 0 bridgehead atoms. The smallest absolute Gasteiger partial charge is 0.230 e. The van der Waals surface area contributed by atoms with Crippen molar-refractivity contribution >= 4 is 17.7 Å². The molecule has 0 atom stereocenters. The minimum absolute atomic E-state index is 0.00993. The highest BCUT2D eigenvalue weighted by atomic mass is 32.2. The maximum absolute atomic E-state index is 12.3. The van der Waals surface area contributed by atoms with Crippen LogP contribution in [0.4, 0.5) is 0 Å². The zero-order valence-corrected chi connectivity index (χ0v) is 19.0. The number of aromatic nitrogens is 3. The van der Waals surface area contributed by atoms with E-state index in [4.69, 9.17) is 14.5 Å². The van der Waals surface area contributed by atoms with Crippen molar-refractivity contribution in [3.05, 3.63) is 48.5 Å². The number of amides is 1. The van der Waals surface area contributed by atoms with E-state index in [9.17, 15) is 4.79 Å². The number of rotatable bonds is 8. The lowest BCUT2D eigenvalue weighted by Gasteiger charge is -2.12. The van der Waals surface area contributed by atoms with Gasteiger partial charge in [0.15, 0.2) is 0 Å². The van der Waals surface area contributed by atoms with Gasteiger partial charge in [-0.25, -0.2) is 4.98 Å². The van der Waals surface area contributed by atoms with Gasteiger partial charge in [0, 0.05) is 17.2 Å². The van der Waals surface area contributed by atoms with Gasteiger partial charge in [0.25, 0.3) is 0 Å². The third-order valence-electron chi connectivity index (χ3n) is 5.45. The van der Waals surface area contributed by atoms with Crippen molar-refractivity contribution < 1.29 is 14.3 Å². The van der Waals surface area contributed by atoms with Crippen LogP contribution in [0.1, 0.15) is 25.7 Å². The lowest BCUT2D eigenvalue weighted by molar-refractivity contribution is -0.119. The summed E-state index contributed by atoms with van der Waals surface area (Å²) in [5.41, 5.74) is 3.14.